The van der Waals surface area contributed by atoms with Crippen molar-refractivity contribution in [1.29, 1.82) is 0 Å². The molecular formula is C30H49NO5. The molecule has 0 amide bonds. The Bertz CT molecular complexity index is 949. The Hall–Kier alpha value is -1.27. The number of aliphatic hydroxyl groups is 2. The molecule has 2 N–H and O–H groups in total. The van der Waals surface area contributed by atoms with Crippen LogP contribution in [-0.4, -0.2) is 38.7 Å². The van der Waals surface area contributed by atoms with Crippen LogP contribution in [0.2, 0.25) is 0 Å². The van der Waals surface area contributed by atoms with Crippen LogP contribution in [0.15, 0.2) is 11.6 Å². The molecule has 0 aromatic heterocycles. The molecule has 3 saturated carbocycles. The van der Waals surface area contributed by atoms with Crippen LogP contribution >= 0.6 is 0 Å². The highest BCUT2D eigenvalue weighted by Gasteiger charge is 2.70. The lowest BCUT2D eigenvalue weighted by atomic mass is 9.38. The summed E-state index contributed by atoms with van der Waals surface area (Å²) in [6.07, 6.45) is 7.78. The van der Waals surface area contributed by atoms with Gasteiger partial charge in [0, 0.05) is 23.2 Å². The second-order valence-corrected chi connectivity index (χ2v) is 14.7. The van der Waals surface area contributed by atoms with Crippen molar-refractivity contribution in [2.24, 2.45) is 45.3 Å². The van der Waals surface area contributed by atoms with Gasteiger partial charge in [0.1, 0.15) is 5.78 Å². The van der Waals surface area contributed by atoms with E-state index in [4.69, 9.17) is 0 Å². The molecule has 0 saturated heterocycles. The van der Waals surface area contributed by atoms with Gasteiger partial charge in [0.2, 0.25) is 6.04 Å². The summed E-state index contributed by atoms with van der Waals surface area (Å²) in [5, 5.41) is 32.4. The van der Waals surface area contributed by atoms with Crippen LogP contribution < -0.4 is 0 Å². The molecule has 0 aromatic rings. The van der Waals surface area contributed by atoms with E-state index in [1.807, 2.05) is 13.8 Å². The second-order valence-electron chi connectivity index (χ2n) is 14.7. The molecule has 0 radical (unpaired) electrons. The predicted molar refractivity (Wildman–Crippen MR) is 141 cm³/mol. The number of nitrogens with zero attached hydrogens (tertiary/aromatic N) is 1. The molecule has 4 aliphatic rings. The van der Waals surface area contributed by atoms with Crippen molar-refractivity contribution in [3.63, 3.8) is 0 Å². The maximum absolute atomic E-state index is 14.3. The summed E-state index contributed by atoms with van der Waals surface area (Å²) in [5.41, 5.74) is -1.03. The van der Waals surface area contributed by atoms with Crippen LogP contribution in [0.3, 0.4) is 0 Å². The number of allylic oxidation sites excluding steroid dienone is 1. The molecule has 36 heavy (non-hydrogen) atoms. The first-order chi connectivity index (χ1) is 16.4. The molecule has 6 heteroatoms. The predicted octanol–water partition coefficient (Wildman–Crippen LogP) is 5.96. The van der Waals surface area contributed by atoms with Crippen molar-refractivity contribution < 1.29 is 19.9 Å². The van der Waals surface area contributed by atoms with Crippen LogP contribution in [0.4, 0.5) is 0 Å². The molecule has 204 valence electrons. The molecule has 4 aliphatic carbocycles. The van der Waals surface area contributed by atoms with E-state index < -0.39 is 28.6 Å². The number of ketones is 1. The summed E-state index contributed by atoms with van der Waals surface area (Å²) in [6.45, 7) is 16.6. The van der Waals surface area contributed by atoms with Gasteiger partial charge >= 0.3 is 0 Å². The number of hydrogen-bond acceptors (Lipinski definition) is 5. The van der Waals surface area contributed by atoms with E-state index in [-0.39, 0.29) is 27.6 Å². The number of fused-ring (bicyclic) bond motifs is 5. The standard InChI is InChI=1S/C30H49NO5/c1-18(9-14-24(32)27(4,5)34)19-15-16-28(6)22-12-10-20-21(11-13-23(31(35)36)26(20,2)3)30(22,8)25(33)17-29(19,28)7/h10,18-19,21-24,32,34H,9,11-17H2,1-8H3/t18-,19?,21?,22?,23+,24-,28+,29-,30+/m1/s1. The zero-order chi connectivity index (χ0) is 27.1. The van der Waals surface area contributed by atoms with Gasteiger partial charge in [0.25, 0.3) is 0 Å². The van der Waals surface area contributed by atoms with E-state index in [0.717, 1.165) is 37.7 Å². The highest BCUT2D eigenvalue weighted by atomic mass is 16.6. The number of Topliss-reactive ketones (excluding diaryl/α,β-unsaturated/α-hetero) is 1. The fraction of sp³-hybridized carbons (Fsp3) is 0.900. The fourth-order valence-corrected chi connectivity index (χ4v) is 9.72. The summed E-state index contributed by atoms with van der Waals surface area (Å²) < 4.78 is 0. The highest BCUT2D eigenvalue weighted by Crippen LogP contribution is 2.74. The summed E-state index contributed by atoms with van der Waals surface area (Å²) in [4.78, 5) is 26.0. The fourth-order valence-electron chi connectivity index (χ4n) is 9.72. The minimum Gasteiger partial charge on any atom is -0.390 e. The summed E-state index contributed by atoms with van der Waals surface area (Å²) in [6, 6.07) is -0.587. The van der Waals surface area contributed by atoms with Gasteiger partial charge in [-0.1, -0.05) is 39.3 Å². The quantitative estimate of drug-likeness (QED) is 0.264. The molecule has 3 unspecified atom stereocenters. The van der Waals surface area contributed by atoms with E-state index in [1.54, 1.807) is 13.8 Å². The molecule has 0 spiro atoms. The van der Waals surface area contributed by atoms with E-state index in [2.05, 4.69) is 33.8 Å². The lowest BCUT2D eigenvalue weighted by molar-refractivity contribution is -0.542. The third-order valence-corrected chi connectivity index (χ3v) is 12.4. The van der Waals surface area contributed by atoms with Gasteiger partial charge in [-0.3, -0.25) is 14.9 Å². The summed E-state index contributed by atoms with van der Waals surface area (Å²) in [5.74, 6) is 1.45. The Morgan fingerprint density at radius 3 is 2.33 bits per heavy atom. The number of carbonyl (C=O) groups excluding carboxylic acids is 1. The molecule has 4 rings (SSSR count). The van der Waals surface area contributed by atoms with Gasteiger partial charge in [-0.05, 0) is 101 Å². The van der Waals surface area contributed by atoms with Crippen molar-refractivity contribution >= 4 is 5.78 Å². The van der Waals surface area contributed by atoms with Crippen molar-refractivity contribution in [1.82, 2.24) is 0 Å². The lowest BCUT2D eigenvalue weighted by Crippen LogP contribution is -2.63. The summed E-state index contributed by atoms with van der Waals surface area (Å²) in [7, 11) is 0. The van der Waals surface area contributed by atoms with Crippen molar-refractivity contribution in [2.45, 2.75) is 125 Å². The Balaban J connectivity index is 1.64. The van der Waals surface area contributed by atoms with E-state index in [9.17, 15) is 25.1 Å². The summed E-state index contributed by atoms with van der Waals surface area (Å²) >= 11 is 0. The average molecular weight is 504 g/mol. The molecule has 0 bridgehead atoms. The molecular weight excluding hydrogens is 454 g/mol. The van der Waals surface area contributed by atoms with Gasteiger partial charge < -0.3 is 10.2 Å². The van der Waals surface area contributed by atoms with Crippen molar-refractivity contribution in [3.8, 4) is 0 Å². The van der Waals surface area contributed by atoms with E-state index in [1.165, 1.54) is 0 Å². The Labute approximate surface area is 217 Å². The minimum absolute atomic E-state index is 0.0234. The number of aliphatic hydroxyl groups excluding tert-OH is 1. The zero-order valence-corrected chi connectivity index (χ0v) is 23.8. The number of hydrogen-bond donors (Lipinski definition) is 2. The molecule has 6 nitrogen and oxygen atoms in total. The average Bonchev–Trinajstić information content (AvgIpc) is 3.02. The monoisotopic (exact) mass is 503 g/mol. The third kappa shape index (κ3) is 3.75. The highest BCUT2D eigenvalue weighted by molar-refractivity contribution is 5.88. The topological polar surface area (TPSA) is 101 Å². The first kappa shape index (κ1) is 27.8. The van der Waals surface area contributed by atoms with Gasteiger partial charge in [0.15, 0.2) is 0 Å². The van der Waals surface area contributed by atoms with E-state index >= 15 is 0 Å². The van der Waals surface area contributed by atoms with Crippen LogP contribution in [0.5, 0.6) is 0 Å². The Morgan fingerprint density at radius 2 is 1.75 bits per heavy atom. The molecule has 0 heterocycles. The van der Waals surface area contributed by atoms with Crippen molar-refractivity contribution in [3.05, 3.63) is 21.8 Å². The maximum Gasteiger partial charge on any atom is 0.221 e. The van der Waals surface area contributed by atoms with Crippen LogP contribution in [-0.2, 0) is 4.79 Å². The SMILES string of the molecule is C[C@H](CC[C@@H](O)C(C)(C)O)C1CC[C@@]2(C)C3CC=C4C(CC[C@H]([N+](=O)[O-])C4(C)C)[C@]3(C)C(=O)C[C@]12C. The zero-order valence-electron chi connectivity index (χ0n) is 23.8. The smallest absolute Gasteiger partial charge is 0.221 e. The molecule has 3 fully saturated rings. The van der Waals surface area contributed by atoms with Gasteiger partial charge in [0.05, 0.1) is 17.1 Å². The first-order valence-corrected chi connectivity index (χ1v) is 14.2. The Morgan fingerprint density at radius 1 is 1.11 bits per heavy atom. The first-order valence-electron chi connectivity index (χ1n) is 14.2. The molecule has 9 atom stereocenters. The minimum atomic E-state index is -1.11. The lowest BCUT2D eigenvalue weighted by Gasteiger charge is -2.64. The van der Waals surface area contributed by atoms with Crippen molar-refractivity contribution in [2.75, 3.05) is 0 Å². The van der Waals surface area contributed by atoms with Gasteiger partial charge in [-0.2, -0.15) is 0 Å². The van der Waals surface area contributed by atoms with E-state index in [0.29, 0.717) is 36.9 Å². The number of carbonyl (C=O) groups is 1. The molecule has 0 aliphatic heterocycles. The normalized spacial score (nSPS) is 43.6. The van der Waals surface area contributed by atoms with Crippen LogP contribution in [0.25, 0.3) is 0 Å². The second kappa shape index (κ2) is 8.62. The number of nitro groups is 1. The van der Waals surface area contributed by atoms with Crippen LogP contribution in [0, 0.1) is 55.4 Å². The largest absolute Gasteiger partial charge is 0.390 e. The Kier molecular flexibility index (Phi) is 6.65. The maximum atomic E-state index is 14.3. The molecule has 0 aromatic carbocycles. The van der Waals surface area contributed by atoms with Crippen LogP contribution in [0.1, 0.15) is 107 Å². The number of rotatable bonds is 6. The van der Waals surface area contributed by atoms with Gasteiger partial charge in [-0.15, -0.1) is 0 Å². The third-order valence-electron chi connectivity index (χ3n) is 12.4. The van der Waals surface area contributed by atoms with Gasteiger partial charge in [-0.25, -0.2) is 0 Å².